The van der Waals surface area contributed by atoms with Crippen molar-refractivity contribution < 1.29 is 9.72 Å². The topological polar surface area (TPSA) is 59.2 Å². The lowest BCUT2D eigenvalue weighted by Gasteiger charge is -2.30. The van der Waals surface area contributed by atoms with E-state index < -0.39 is 0 Å². The maximum absolute atomic E-state index is 9.37. The second-order valence-electron chi connectivity index (χ2n) is 6.24. The Morgan fingerprint density at radius 2 is 2.09 bits per heavy atom. The molecule has 1 aliphatic rings. The number of nitrogens with zero attached hydrogens (tertiary/aromatic N) is 1. The standard InChI is InChI=1S/C18H19N3O/c1-18(2)9-16-15(12-22-18)8-14(10-19)17(21-16)20-11-13-6-4-3-5-7-13/h3-8H,9,11-12H2,1-2H3,(H,20,21)/p+1. The summed E-state index contributed by atoms with van der Waals surface area (Å²) in [5.41, 5.74) is 3.85. The predicted octanol–water partition coefficient (Wildman–Crippen LogP) is 2.84. The molecule has 0 saturated carbocycles. The molecule has 0 atom stereocenters. The maximum atomic E-state index is 9.37. The van der Waals surface area contributed by atoms with E-state index in [1.54, 1.807) is 0 Å². The summed E-state index contributed by atoms with van der Waals surface area (Å²) < 4.78 is 5.81. The molecule has 1 aliphatic heterocycles. The number of fused-ring (bicyclic) bond motifs is 1. The number of pyridine rings is 1. The minimum absolute atomic E-state index is 0.172. The maximum Gasteiger partial charge on any atom is 0.290 e. The number of aromatic nitrogens is 1. The van der Waals surface area contributed by atoms with Gasteiger partial charge in [0.1, 0.15) is 23.9 Å². The molecule has 0 bridgehead atoms. The number of H-pyrrole nitrogens is 1. The van der Waals surface area contributed by atoms with Crippen LogP contribution in [0, 0.1) is 11.3 Å². The summed E-state index contributed by atoms with van der Waals surface area (Å²) in [5.74, 6) is 0.780. The van der Waals surface area contributed by atoms with Crippen LogP contribution in [0.25, 0.3) is 0 Å². The summed E-state index contributed by atoms with van der Waals surface area (Å²) in [6, 6.07) is 14.3. The molecule has 0 aliphatic carbocycles. The third kappa shape index (κ3) is 3.10. The lowest BCUT2D eigenvalue weighted by Crippen LogP contribution is -2.37. The van der Waals surface area contributed by atoms with Gasteiger partial charge in [0.25, 0.3) is 5.82 Å². The van der Waals surface area contributed by atoms with E-state index in [9.17, 15) is 5.26 Å². The van der Waals surface area contributed by atoms with Gasteiger partial charge in [0.15, 0.2) is 0 Å². The van der Waals surface area contributed by atoms with Gasteiger partial charge in [-0.2, -0.15) is 5.26 Å². The number of nitriles is 1. The highest BCUT2D eigenvalue weighted by atomic mass is 16.5. The van der Waals surface area contributed by atoms with Crippen LogP contribution >= 0.6 is 0 Å². The predicted molar refractivity (Wildman–Crippen MR) is 84.1 cm³/mol. The minimum Gasteiger partial charge on any atom is -0.370 e. The molecule has 0 fully saturated rings. The van der Waals surface area contributed by atoms with Crippen LogP contribution in [0.1, 0.15) is 36.2 Å². The number of nitrogens with one attached hydrogen (secondary N) is 2. The van der Waals surface area contributed by atoms with Gasteiger partial charge in [-0.25, -0.2) is 4.98 Å². The average molecular weight is 294 g/mol. The zero-order valence-electron chi connectivity index (χ0n) is 12.9. The lowest BCUT2D eigenvalue weighted by atomic mass is 9.95. The van der Waals surface area contributed by atoms with Crippen LogP contribution in [-0.4, -0.2) is 5.60 Å². The number of hydrogen-bond donors (Lipinski definition) is 1. The second-order valence-corrected chi connectivity index (χ2v) is 6.24. The Labute approximate surface area is 130 Å². The van der Waals surface area contributed by atoms with Crippen molar-refractivity contribution in [3.8, 4) is 6.07 Å². The summed E-state index contributed by atoms with van der Waals surface area (Å²) in [6.07, 6.45) is 0.814. The van der Waals surface area contributed by atoms with Crippen molar-refractivity contribution in [2.45, 2.75) is 39.0 Å². The summed E-state index contributed by atoms with van der Waals surface area (Å²) >= 11 is 0. The van der Waals surface area contributed by atoms with Crippen LogP contribution in [0.4, 0.5) is 5.82 Å². The van der Waals surface area contributed by atoms with Gasteiger partial charge in [-0.1, -0.05) is 30.3 Å². The minimum atomic E-state index is -0.172. The Kier molecular flexibility index (Phi) is 3.82. The molecule has 1 aromatic heterocycles. The fraction of sp³-hybridized carbons (Fsp3) is 0.333. The third-order valence-electron chi connectivity index (χ3n) is 3.90. The summed E-state index contributed by atoms with van der Waals surface area (Å²) in [7, 11) is 0. The fourth-order valence-electron chi connectivity index (χ4n) is 2.68. The van der Waals surface area contributed by atoms with Gasteiger partial charge in [0, 0.05) is 12.0 Å². The lowest BCUT2D eigenvalue weighted by molar-refractivity contribution is -0.381. The highest BCUT2D eigenvalue weighted by molar-refractivity contribution is 5.50. The molecule has 0 saturated heterocycles. The number of aromatic amines is 1. The van der Waals surface area contributed by atoms with Gasteiger partial charge >= 0.3 is 0 Å². The molecule has 4 nitrogen and oxygen atoms in total. The van der Waals surface area contributed by atoms with Crippen molar-refractivity contribution in [2.24, 2.45) is 0 Å². The van der Waals surface area contributed by atoms with Crippen molar-refractivity contribution in [3.05, 3.63) is 58.8 Å². The number of hydrogen-bond acceptors (Lipinski definition) is 3. The van der Waals surface area contributed by atoms with Crippen LogP contribution in [0.15, 0.2) is 36.4 Å². The third-order valence-corrected chi connectivity index (χ3v) is 3.90. The summed E-state index contributed by atoms with van der Waals surface area (Å²) in [6.45, 7) is 5.40. The highest BCUT2D eigenvalue weighted by Crippen LogP contribution is 2.27. The molecule has 0 unspecified atom stereocenters. The second kappa shape index (κ2) is 5.78. The Bertz CT molecular complexity index is 717. The van der Waals surface area contributed by atoms with Crippen molar-refractivity contribution in [2.75, 3.05) is 5.32 Å². The monoisotopic (exact) mass is 294 g/mol. The Morgan fingerprint density at radius 1 is 1.32 bits per heavy atom. The van der Waals surface area contributed by atoms with E-state index in [2.05, 4.69) is 42.4 Å². The zero-order chi connectivity index (χ0) is 15.6. The quantitative estimate of drug-likeness (QED) is 0.947. The highest BCUT2D eigenvalue weighted by Gasteiger charge is 2.30. The number of anilines is 1. The van der Waals surface area contributed by atoms with Crippen LogP contribution in [0.2, 0.25) is 0 Å². The van der Waals surface area contributed by atoms with Crippen LogP contribution in [0.3, 0.4) is 0 Å². The molecule has 112 valence electrons. The van der Waals surface area contributed by atoms with Crippen molar-refractivity contribution in [3.63, 3.8) is 0 Å². The summed E-state index contributed by atoms with van der Waals surface area (Å²) in [4.78, 5) is 3.40. The van der Waals surface area contributed by atoms with Gasteiger partial charge < -0.3 is 4.74 Å². The largest absolute Gasteiger partial charge is 0.370 e. The molecular formula is C18H20N3O+. The molecular weight excluding hydrogens is 274 g/mol. The average Bonchev–Trinajstić information content (AvgIpc) is 2.52. The fourth-order valence-corrected chi connectivity index (χ4v) is 2.68. The number of benzene rings is 1. The Balaban J connectivity index is 1.86. The van der Waals surface area contributed by atoms with E-state index in [1.165, 1.54) is 5.56 Å². The molecule has 2 heterocycles. The van der Waals surface area contributed by atoms with Crippen molar-refractivity contribution in [1.82, 2.24) is 0 Å². The van der Waals surface area contributed by atoms with E-state index in [0.29, 0.717) is 18.7 Å². The molecule has 0 spiro atoms. The van der Waals surface area contributed by atoms with Gasteiger partial charge in [-0.3, -0.25) is 5.32 Å². The van der Waals surface area contributed by atoms with Crippen LogP contribution in [0.5, 0.6) is 0 Å². The number of ether oxygens (including phenoxy) is 1. The van der Waals surface area contributed by atoms with Crippen LogP contribution in [-0.2, 0) is 24.3 Å². The van der Waals surface area contributed by atoms with Crippen molar-refractivity contribution in [1.29, 1.82) is 5.26 Å². The van der Waals surface area contributed by atoms with E-state index in [-0.39, 0.29) is 5.60 Å². The van der Waals surface area contributed by atoms with Gasteiger partial charge in [-0.05, 0) is 25.5 Å². The van der Waals surface area contributed by atoms with Gasteiger partial charge in [0.2, 0.25) is 0 Å². The first-order valence-electron chi connectivity index (χ1n) is 7.47. The van der Waals surface area contributed by atoms with Crippen LogP contribution < -0.4 is 10.3 Å². The molecule has 0 amide bonds. The normalized spacial score (nSPS) is 15.7. The molecule has 1 aromatic carbocycles. The molecule has 22 heavy (non-hydrogen) atoms. The first-order chi connectivity index (χ1) is 10.6. The van der Waals surface area contributed by atoms with Gasteiger partial charge in [-0.15, -0.1) is 0 Å². The van der Waals surface area contributed by atoms with E-state index in [0.717, 1.165) is 23.5 Å². The van der Waals surface area contributed by atoms with E-state index in [1.807, 2.05) is 24.3 Å². The van der Waals surface area contributed by atoms with Gasteiger partial charge in [0.05, 0.1) is 12.2 Å². The first kappa shape index (κ1) is 14.6. The van der Waals surface area contributed by atoms with E-state index >= 15 is 0 Å². The Morgan fingerprint density at radius 3 is 2.82 bits per heavy atom. The molecule has 2 aromatic rings. The van der Waals surface area contributed by atoms with E-state index in [4.69, 9.17) is 4.74 Å². The molecule has 4 heteroatoms. The zero-order valence-corrected chi connectivity index (χ0v) is 12.9. The Hall–Kier alpha value is -2.38. The molecule has 3 rings (SSSR count). The SMILES string of the molecule is CC1(C)Cc2[nH+]c(NCc3ccccc3)c(C#N)cc2CO1. The smallest absolute Gasteiger partial charge is 0.290 e. The molecule has 0 radical (unpaired) electrons. The first-order valence-corrected chi connectivity index (χ1v) is 7.47. The summed E-state index contributed by atoms with van der Waals surface area (Å²) in [5, 5.41) is 12.7. The number of rotatable bonds is 3. The molecule has 2 N–H and O–H groups in total. The van der Waals surface area contributed by atoms with Crippen molar-refractivity contribution >= 4 is 5.82 Å².